The molecule has 0 saturated carbocycles. The Morgan fingerprint density at radius 3 is 2.81 bits per heavy atom. The molecular weight excluding hydrogens is 286 g/mol. The van der Waals surface area contributed by atoms with E-state index >= 15 is 0 Å². The van der Waals surface area contributed by atoms with Crippen molar-refractivity contribution < 1.29 is 4.42 Å². The molecule has 0 spiro atoms. The fraction of sp³-hybridized carbons (Fsp3) is 0.333. The molecule has 0 bridgehead atoms. The van der Waals surface area contributed by atoms with Crippen LogP contribution in [0.25, 0.3) is 0 Å². The predicted molar refractivity (Wildman–Crippen MR) is 71.0 cm³/mol. The molecule has 0 saturated heterocycles. The minimum atomic E-state index is 0.203. The van der Waals surface area contributed by atoms with Gasteiger partial charge in [-0.2, -0.15) is 11.3 Å². The highest BCUT2D eigenvalue weighted by Gasteiger charge is 2.19. The summed E-state index contributed by atoms with van der Waals surface area (Å²) in [5.41, 5.74) is 2.49. The van der Waals surface area contributed by atoms with E-state index in [9.17, 15) is 0 Å². The van der Waals surface area contributed by atoms with Crippen LogP contribution < -0.4 is 5.32 Å². The third-order valence-corrected chi connectivity index (χ3v) is 4.41. The Labute approximate surface area is 108 Å². The number of thiophene rings is 1. The van der Waals surface area contributed by atoms with Crippen molar-refractivity contribution in [2.45, 2.75) is 19.4 Å². The van der Waals surface area contributed by atoms with E-state index in [1.807, 2.05) is 13.1 Å². The second-order valence-electron chi connectivity index (χ2n) is 3.55. The minimum Gasteiger partial charge on any atom is -0.469 e. The van der Waals surface area contributed by atoms with Crippen LogP contribution in [0.3, 0.4) is 0 Å². The van der Waals surface area contributed by atoms with Crippen molar-refractivity contribution in [1.82, 2.24) is 5.32 Å². The Kier molecular flexibility index (Phi) is 3.84. The van der Waals surface area contributed by atoms with Gasteiger partial charge in [0.05, 0.1) is 12.3 Å². The average molecular weight is 300 g/mol. The average Bonchev–Trinajstić information content (AvgIpc) is 2.90. The molecule has 2 heterocycles. The molecule has 16 heavy (non-hydrogen) atoms. The van der Waals surface area contributed by atoms with Gasteiger partial charge >= 0.3 is 0 Å². The molecule has 2 aromatic rings. The second-order valence-corrected chi connectivity index (χ2v) is 5.15. The highest BCUT2D eigenvalue weighted by Crippen LogP contribution is 2.33. The van der Waals surface area contributed by atoms with Crippen molar-refractivity contribution in [3.63, 3.8) is 0 Å². The summed E-state index contributed by atoms with van der Waals surface area (Å²) < 4.78 is 6.64. The van der Waals surface area contributed by atoms with E-state index in [4.69, 9.17) is 4.42 Å². The lowest BCUT2D eigenvalue weighted by atomic mass is 10.0. The van der Waals surface area contributed by atoms with Crippen LogP contribution in [0.1, 0.15) is 29.9 Å². The summed E-state index contributed by atoms with van der Waals surface area (Å²) in [5, 5.41) is 7.61. The van der Waals surface area contributed by atoms with Crippen molar-refractivity contribution in [2.75, 3.05) is 7.05 Å². The van der Waals surface area contributed by atoms with Gasteiger partial charge in [-0.05, 0) is 40.0 Å². The van der Waals surface area contributed by atoms with Gasteiger partial charge in [0.1, 0.15) is 5.76 Å². The number of furan rings is 1. The van der Waals surface area contributed by atoms with Gasteiger partial charge in [0.2, 0.25) is 0 Å². The standard InChI is InChI=1S/C12H14BrNOS/c1-3-11-8(4-5-15-11)12(14-2)9-6-16-7-10(9)13/h4-7,12,14H,3H2,1-2H3. The van der Waals surface area contributed by atoms with E-state index in [-0.39, 0.29) is 6.04 Å². The molecule has 1 unspecified atom stereocenters. The first-order valence-corrected chi connectivity index (χ1v) is 6.96. The molecule has 86 valence electrons. The van der Waals surface area contributed by atoms with Gasteiger partial charge in [-0.15, -0.1) is 0 Å². The van der Waals surface area contributed by atoms with Gasteiger partial charge in [0.15, 0.2) is 0 Å². The highest BCUT2D eigenvalue weighted by atomic mass is 79.9. The number of aryl methyl sites for hydroxylation is 1. The highest BCUT2D eigenvalue weighted by molar-refractivity contribution is 9.10. The van der Waals surface area contributed by atoms with Crippen molar-refractivity contribution in [3.05, 3.63) is 44.4 Å². The van der Waals surface area contributed by atoms with Crippen LogP contribution >= 0.6 is 27.3 Å². The van der Waals surface area contributed by atoms with E-state index < -0.39 is 0 Å². The van der Waals surface area contributed by atoms with Crippen molar-refractivity contribution >= 4 is 27.3 Å². The molecule has 4 heteroatoms. The summed E-state index contributed by atoms with van der Waals surface area (Å²) in [6.45, 7) is 2.11. The number of hydrogen-bond acceptors (Lipinski definition) is 3. The van der Waals surface area contributed by atoms with Crippen molar-refractivity contribution in [1.29, 1.82) is 0 Å². The van der Waals surface area contributed by atoms with Crippen LogP contribution in [-0.2, 0) is 6.42 Å². The fourth-order valence-electron chi connectivity index (χ4n) is 1.87. The Balaban J connectivity index is 2.40. The summed E-state index contributed by atoms with van der Waals surface area (Å²) in [7, 11) is 1.97. The zero-order valence-electron chi connectivity index (χ0n) is 9.29. The first kappa shape index (κ1) is 11.9. The molecule has 0 aliphatic heterocycles. The first-order valence-electron chi connectivity index (χ1n) is 5.23. The topological polar surface area (TPSA) is 25.2 Å². The van der Waals surface area contributed by atoms with Crippen LogP contribution in [0.4, 0.5) is 0 Å². The predicted octanol–water partition coefficient (Wildman–Crippen LogP) is 3.97. The molecule has 0 fully saturated rings. The molecule has 0 aromatic carbocycles. The van der Waals surface area contributed by atoms with Crippen molar-refractivity contribution in [3.8, 4) is 0 Å². The molecule has 2 aromatic heterocycles. The first-order chi connectivity index (χ1) is 7.77. The zero-order chi connectivity index (χ0) is 11.5. The minimum absolute atomic E-state index is 0.203. The maximum absolute atomic E-state index is 5.48. The van der Waals surface area contributed by atoms with Gasteiger partial charge in [-0.1, -0.05) is 6.92 Å². The Morgan fingerprint density at radius 2 is 2.25 bits per heavy atom. The van der Waals surface area contributed by atoms with E-state index in [2.05, 4.69) is 38.9 Å². The molecule has 2 nitrogen and oxygen atoms in total. The van der Waals surface area contributed by atoms with Crippen LogP contribution in [0, 0.1) is 0 Å². The molecule has 1 atom stereocenters. The number of nitrogens with one attached hydrogen (secondary N) is 1. The molecule has 0 radical (unpaired) electrons. The van der Waals surface area contributed by atoms with Crippen LogP contribution in [-0.4, -0.2) is 7.05 Å². The van der Waals surface area contributed by atoms with Gasteiger partial charge in [0, 0.05) is 21.8 Å². The maximum Gasteiger partial charge on any atom is 0.108 e. The largest absolute Gasteiger partial charge is 0.469 e. The summed E-state index contributed by atoms with van der Waals surface area (Å²) in [6.07, 6.45) is 2.68. The molecule has 1 N–H and O–H groups in total. The second kappa shape index (κ2) is 5.17. The normalized spacial score (nSPS) is 12.9. The van der Waals surface area contributed by atoms with E-state index in [0.717, 1.165) is 16.7 Å². The zero-order valence-corrected chi connectivity index (χ0v) is 11.7. The lowest BCUT2D eigenvalue weighted by Crippen LogP contribution is -2.18. The SMILES string of the molecule is CCc1occc1C(NC)c1cscc1Br. The van der Waals surface area contributed by atoms with E-state index in [1.165, 1.54) is 11.1 Å². The quantitative estimate of drug-likeness (QED) is 0.924. The number of hydrogen-bond donors (Lipinski definition) is 1. The fourth-order valence-corrected chi connectivity index (χ4v) is 3.42. The van der Waals surface area contributed by atoms with Crippen LogP contribution in [0.5, 0.6) is 0 Å². The Hall–Kier alpha value is -0.580. The van der Waals surface area contributed by atoms with Gasteiger partial charge < -0.3 is 9.73 Å². The molecule has 0 amide bonds. The summed E-state index contributed by atoms with van der Waals surface area (Å²) in [4.78, 5) is 0. The van der Waals surface area contributed by atoms with E-state index in [1.54, 1.807) is 17.6 Å². The van der Waals surface area contributed by atoms with Crippen LogP contribution in [0.2, 0.25) is 0 Å². The van der Waals surface area contributed by atoms with E-state index in [0.29, 0.717) is 0 Å². The number of halogens is 1. The lowest BCUT2D eigenvalue weighted by molar-refractivity contribution is 0.505. The third kappa shape index (κ3) is 2.10. The summed E-state index contributed by atoms with van der Waals surface area (Å²) >= 11 is 5.28. The maximum atomic E-state index is 5.48. The van der Waals surface area contributed by atoms with Crippen molar-refractivity contribution in [2.24, 2.45) is 0 Å². The van der Waals surface area contributed by atoms with Crippen LogP contribution in [0.15, 0.2) is 32.0 Å². The lowest BCUT2D eigenvalue weighted by Gasteiger charge is -2.15. The molecule has 0 aliphatic carbocycles. The smallest absolute Gasteiger partial charge is 0.108 e. The number of rotatable bonds is 4. The molecule has 0 aliphatic rings. The summed E-state index contributed by atoms with van der Waals surface area (Å²) in [6, 6.07) is 2.25. The summed E-state index contributed by atoms with van der Waals surface area (Å²) in [5.74, 6) is 1.05. The van der Waals surface area contributed by atoms with Gasteiger partial charge in [0.25, 0.3) is 0 Å². The monoisotopic (exact) mass is 299 g/mol. The Morgan fingerprint density at radius 1 is 1.44 bits per heavy atom. The third-order valence-electron chi connectivity index (χ3n) is 2.65. The Bertz CT molecular complexity index is 463. The van der Waals surface area contributed by atoms with Gasteiger partial charge in [-0.3, -0.25) is 0 Å². The van der Waals surface area contributed by atoms with Gasteiger partial charge in [-0.25, -0.2) is 0 Å². The molecular formula is C12H14BrNOS. The molecule has 2 rings (SSSR count).